The Balaban J connectivity index is 1.27. The quantitative estimate of drug-likeness (QED) is 0.167. The average molecular weight is 693 g/mol. The molecule has 54 heavy (non-hydrogen) atoms. The summed E-state index contributed by atoms with van der Waals surface area (Å²) in [5.74, 6) is 0. The van der Waals surface area contributed by atoms with Gasteiger partial charge in [0.2, 0.25) is 13.4 Å². The second kappa shape index (κ2) is 10.9. The fourth-order valence-electron chi connectivity index (χ4n) is 9.96. The van der Waals surface area contributed by atoms with Gasteiger partial charge in [-0.2, -0.15) is 0 Å². The lowest BCUT2D eigenvalue weighted by Gasteiger charge is -2.41. The Labute approximate surface area is 320 Å². The van der Waals surface area contributed by atoms with Crippen molar-refractivity contribution in [3.63, 3.8) is 0 Å². The van der Waals surface area contributed by atoms with Gasteiger partial charge in [-0.05, 0) is 115 Å². The molecule has 11 rings (SSSR count). The first-order chi connectivity index (χ1) is 26.1. The lowest BCUT2D eigenvalue weighted by molar-refractivity contribution is 0.589. The molecule has 0 spiro atoms. The van der Waals surface area contributed by atoms with Gasteiger partial charge in [-0.1, -0.05) is 150 Å². The highest BCUT2D eigenvalue weighted by molar-refractivity contribution is 7.03. The molecule has 7 aromatic carbocycles. The van der Waals surface area contributed by atoms with Gasteiger partial charge in [-0.3, -0.25) is 0 Å². The first-order valence-corrected chi connectivity index (χ1v) is 19.5. The molecule has 0 amide bonds. The van der Waals surface area contributed by atoms with Gasteiger partial charge in [-0.15, -0.1) is 0 Å². The van der Waals surface area contributed by atoms with Crippen LogP contribution >= 0.6 is 0 Å². The molecule has 4 aliphatic rings. The van der Waals surface area contributed by atoms with Crippen molar-refractivity contribution in [2.75, 3.05) is 9.80 Å². The molecular weight excluding hydrogens is 650 g/mol. The molecule has 0 unspecified atom stereocenters. The molecule has 0 atom stereocenters. The second-order valence-corrected chi connectivity index (χ2v) is 17.8. The topological polar surface area (TPSA) is 6.48 Å². The van der Waals surface area contributed by atoms with Gasteiger partial charge in [-0.25, -0.2) is 0 Å². The Morgan fingerprint density at radius 2 is 0.870 bits per heavy atom. The summed E-state index contributed by atoms with van der Waals surface area (Å²) in [5, 5.41) is 0. The van der Waals surface area contributed by atoms with Crippen molar-refractivity contribution < 1.29 is 0 Å². The number of para-hydroxylation sites is 2. The third-order valence-electron chi connectivity index (χ3n) is 12.6. The predicted octanol–water partition coefficient (Wildman–Crippen LogP) is 8.84. The Kier molecular flexibility index (Phi) is 6.42. The van der Waals surface area contributed by atoms with Gasteiger partial charge in [0.15, 0.2) is 0 Å². The zero-order valence-electron chi connectivity index (χ0n) is 31.9. The summed E-state index contributed by atoms with van der Waals surface area (Å²) < 4.78 is 0. The van der Waals surface area contributed by atoms with E-state index < -0.39 is 0 Å². The molecule has 0 fully saturated rings. The van der Waals surface area contributed by atoms with Gasteiger partial charge < -0.3 is 9.80 Å². The van der Waals surface area contributed by atoms with E-state index in [1.54, 1.807) is 0 Å². The van der Waals surface area contributed by atoms with Gasteiger partial charge >= 0.3 is 0 Å². The summed E-state index contributed by atoms with van der Waals surface area (Å²) in [4.78, 5) is 5.13. The Hall–Kier alpha value is -5.73. The van der Waals surface area contributed by atoms with Crippen molar-refractivity contribution in [2.24, 2.45) is 0 Å². The summed E-state index contributed by atoms with van der Waals surface area (Å²) in [6, 6.07) is 55.6. The van der Waals surface area contributed by atoms with E-state index in [2.05, 4.69) is 197 Å². The van der Waals surface area contributed by atoms with Crippen molar-refractivity contribution in [2.45, 2.75) is 52.4 Å². The summed E-state index contributed by atoms with van der Waals surface area (Å²) in [6.45, 7) is 14.3. The number of nitrogens with zero attached hydrogens (tertiary/aromatic N) is 2. The van der Waals surface area contributed by atoms with Crippen LogP contribution in [-0.2, 0) is 10.8 Å². The first-order valence-electron chi connectivity index (χ1n) is 19.5. The fourth-order valence-corrected chi connectivity index (χ4v) is 9.96. The maximum atomic E-state index is 2.59. The number of anilines is 6. The highest BCUT2D eigenvalue weighted by Gasteiger charge is 2.47. The van der Waals surface area contributed by atoms with Crippen molar-refractivity contribution in [3.8, 4) is 22.3 Å². The van der Waals surface area contributed by atoms with Crippen molar-refractivity contribution in [3.05, 3.63) is 157 Å². The molecule has 0 saturated heterocycles. The van der Waals surface area contributed by atoms with Crippen LogP contribution in [0.15, 0.2) is 146 Å². The van der Waals surface area contributed by atoms with E-state index in [1.165, 1.54) is 100 Å². The van der Waals surface area contributed by atoms with E-state index in [-0.39, 0.29) is 24.3 Å². The summed E-state index contributed by atoms with van der Waals surface area (Å²) in [6.07, 6.45) is 0. The minimum absolute atomic E-state index is 0.0201. The third-order valence-corrected chi connectivity index (χ3v) is 12.6. The molecule has 7 aromatic rings. The predicted molar refractivity (Wildman–Crippen MR) is 233 cm³/mol. The standard InChI is InChI=1S/C50H42B2N2/c1-49(2,3)31-24-25-40-37(26-31)38-27-32(50(4,5)6)28-46-48(38)52(40)42-29-44-41(30-45(42)54(46)34-18-11-8-12-19-34)51-39-22-14-13-20-35(39)36-21-15-23-43(47(36)51)53(44)33-16-9-7-10-17-33/h7-30H,1-6H3. The van der Waals surface area contributed by atoms with Gasteiger partial charge in [0.05, 0.1) is 0 Å². The second-order valence-electron chi connectivity index (χ2n) is 17.8. The molecule has 2 nitrogen and oxygen atoms in total. The third kappa shape index (κ3) is 4.31. The molecule has 0 aromatic heterocycles. The van der Waals surface area contributed by atoms with Crippen LogP contribution in [0.4, 0.5) is 34.1 Å². The lowest BCUT2D eigenvalue weighted by atomic mass is 9.34. The maximum Gasteiger partial charge on any atom is 0.248 e. The van der Waals surface area contributed by atoms with Crippen LogP contribution in [0.3, 0.4) is 0 Å². The number of hydrogen-bond acceptors (Lipinski definition) is 2. The van der Waals surface area contributed by atoms with Gasteiger partial charge in [0.1, 0.15) is 0 Å². The van der Waals surface area contributed by atoms with E-state index in [0.29, 0.717) is 0 Å². The molecule has 0 aliphatic carbocycles. The van der Waals surface area contributed by atoms with Crippen LogP contribution in [0.2, 0.25) is 0 Å². The SMILES string of the molecule is CC(C)(C)c1ccc2c(c1)-c1cc(C(C)(C)C)cc3c1B2c1cc2c(cc1N3c1ccccc1)B1c3ccccc3-c3cccc(c31)N2c1ccccc1. The number of fused-ring (bicyclic) bond motifs is 10. The lowest BCUT2D eigenvalue weighted by Crippen LogP contribution is -2.59. The largest absolute Gasteiger partial charge is 0.312 e. The Morgan fingerprint density at radius 3 is 1.50 bits per heavy atom. The molecule has 0 radical (unpaired) electrons. The Bertz CT molecular complexity index is 2700. The molecule has 4 aliphatic heterocycles. The highest BCUT2D eigenvalue weighted by atomic mass is 15.2. The van der Waals surface area contributed by atoms with Crippen LogP contribution in [0, 0.1) is 0 Å². The minimum atomic E-state index is -0.0201. The van der Waals surface area contributed by atoms with E-state index in [4.69, 9.17) is 0 Å². The average Bonchev–Trinajstić information content (AvgIpc) is 3.69. The minimum Gasteiger partial charge on any atom is -0.312 e. The fraction of sp³-hybridized carbons (Fsp3) is 0.160. The molecule has 0 saturated carbocycles. The normalized spacial score (nSPS) is 14.3. The number of benzene rings is 7. The molecule has 4 heteroatoms. The monoisotopic (exact) mass is 692 g/mol. The van der Waals surface area contributed by atoms with Gasteiger partial charge in [0.25, 0.3) is 0 Å². The van der Waals surface area contributed by atoms with Crippen LogP contribution in [-0.4, -0.2) is 13.4 Å². The van der Waals surface area contributed by atoms with Crippen LogP contribution in [0.5, 0.6) is 0 Å². The zero-order chi connectivity index (χ0) is 36.7. The van der Waals surface area contributed by atoms with E-state index >= 15 is 0 Å². The van der Waals surface area contributed by atoms with Crippen molar-refractivity contribution in [1.29, 1.82) is 0 Å². The number of hydrogen-bond donors (Lipinski definition) is 0. The van der Waals surface area contributed by atoms with Crippen LogP contribution in [0.1, 0.15) is 52.7 Å². The highest BCUT2D eigenvalue weighted by Crippen LogP contribution is 2.46. The zero-order valence-corrected chi connectivity index (χ0v) is 31.9. The van der Waals surface area contributed by atoms with E-state index in [0.717, 1.165) is 0 Å². The van der Waals surface area contributed by atoms with E-state index in [9.17, 15) is 0 Å². The van der Waals surface area contributed by atoms with Crippen molar-refractivity contribution in [1.82, 2.24) is 0 Å². The summed E-state index contributed by atoms with van der Waals surface area (Å²) >= 11 is 0. The van der Waals surface area contributed by atoms with E-state index in [1.807, 2.05) is 0 Å². The van der Waals surface area contributed by atoms with Crippen molar-refractivity contribution >= 4 is 80.3 Å². The maximum absolute atomic E-state index is 2.59. The first kappa shape index (κ1) is 31.8. The summed E-state index contributed by atoms with van der Waals surface area (Å²) in [5.41, 5.74) is 24.1. The summed E-state index contributed by atoms with van der Waals surface area (Å²) in [7, 11) is 0. The van der Waals surface area contributed by atoms with Crippen LogP contribution in [0.25, 0.3) is 22.3 Å². The number of rotatable bonds is 2. The van der Waals surface area contributed by atoms with Crippen LogP contribution < -0.4 is 42.6 Å². The molecule has 0 N–H and O–H groups in total. The smallest absolute Gasteiger partial charge is 0.248 e. The molecule has 258 valence electrons. The molecule has 0 bridgehead atoms. The van der Waals surface area contributed by atoms with Gasteiger partial charge in [0, 0.05) is 34.1 Å². The molecular formula is C50H42B2N2. The molecule has 4 heterocycles. The Morgan fingerprint density at radius 1 is 0.352 bits per heavy atom.